The highest BCUT2D eigenvalue weighted by atomic mass is 32.1. The van der Waals surface area contributed by atoms with E-state index < -0.39 is 5.97 Å². The Morgan fingerprint density at radius 1 is 1.53 bits per heavy atom. The second-order valence-electron chi connectivity index (χ2n) is 3.19. The Kier molecular flexibility index (Phi) is 3.66. The fraction of sp³-hybridized carbons (Fsp3) is 0.182. The summed E-state index contributed by atoms with van der Waals surface area (Å²) in [5, 5.41) is 5.13. The largest absolute Gasteiger partial charge is 0.463 e. The number of hydrogen-bond donors (Lipinski definition) is 1. The molecule has 0 saturated carbocycles. The molecule has 2 aromatic rings. The number of ether oxygens (including phenoxy) is 1. The quantitative estimate of drug-likeness (QED) is 0.839. The van der Waals surface area contributed by atoms with Crippen LogP contribution in [0.1, 0.15) is 15.5 Å². The van der Waals surface area contributed by atoms with E-state index in [1.165, 1.54) is 18.2 Å². The van der Waals surface area contributed by atoms with Crippen molar-refractivity contribution in [2.75, 3.05) is 12.4 Å². The van der Waals surface area contributed by atoms with Gasteiger partial charge >= 0.3 is 5.97 Å². The Morgan fingerprint density at radius 2 is 2.41 bits per heavy atom. The van der Waals surface area contributed by atoms with Gasteiger partial charge in [-0.1, -0.05) is 6.07 Å². The van der Waals surface area contributed by atoms with Gasteiger partial charge in [0.1, 0.15) is 5.82 Å². The number of esters is 1. The van der Waals surface area contributed by atoms with E-state index in [2.05, 4.69) is 20.0 Å². The van der Waals surface area contributed by atoms with Gasteiger partial charge in [-0.25, -0.2) is 14.8 Å². The lowest BCUT2D eigenvalue weighted by Crippen LogP contribution is -2.09. The Morgan fingerprint density at radius 3 is 3.12 bits per heavy atom. The molecule has 0 saturated heterocycles. The highest BCUT2D eigenvalue weighted by molar-refractivity contribution is 7.09. The number of aromatic nitrogens is 2. The highest BCUT2D eigenvalue weighted by Crippen LogP contribution is 2.11. The van der Waals surface area contributed by atoms with Gasteiger partial charge in [-0.15, -0.1) is 11.3 Å². The SMILES string of the molecule is COC(=O)c1nccc(NCc2cccs2)n1. The van der Waals surface area contributed by atoms with Crippen molar-refractivity contribution in [3.05, 3.63) is 40.5 Å². The van der Waals surface area contributed by atoms with Crippen LogP contribution in [0, 0.1) is 0 Å². The van der Waals surface area contributed by atoms with Crippen LogP contribution in [0.5, 0.6) is 0 Å². The highest BCUT2D eigenvalue weighted by Gasteiger charge is 2.09. The summed E-state index contributed by atoms with van der Waals surface area (Å²) in [5.41, 5.74) is 0. The molecular formula is C11H11N3O2S. The predicted octanol–water partition coefficient (Wildman–Crippen LogP) is 1.94. The first kappa shape index (κ1) is 11.5. The smallest absolute Gasteiger partial charge is 0.376 e. The number of thiophene rings is 1. The third kappa shape index (κ3) is 3.01. The van der Waals surface area contributed by atoms with Gasteiger partial charge in [-0.3, -0.25) is 0 Å². The Labute approximate surface area is 102 Å². The number of nitrogens with zero attached hydrogens (tertiary/aromatic N) is 2. The number of carbonyl (C=O) groups is 1. The number of nitrogens with one attached hydrogen (secondary N) is 1. The summed E-state index contributed by atoms with van der Waals surface area (Å²) in [7, 11) is 1.30. The maximum absolute atomic E-state index is 11.2. The number of carbonyl (C=O) groups excluding carboxylic acids is 1. The van der Waals surface area contributed by atoms with Gasteiger partial charge in [-0.2, -0.15) is 0 Å². The van der Waals surface area contributed by atoms with E-state index >= 15 is 0 Å². The van der Waals surface area contributed by atoms with Crippen LogP contribution in [0.2, 0.25) is 0 Å². The van der Waals surface area contributed by atoms with Gasteiger partial charge in [0.2, 0.25) is 5.82 Å². The van der Waals surface area contributed by atoms with Crippen LogP contribution in [0.3, 0.4) is 0 Å². The maximum Gasteiger partial charge on any atom is 0.376 e. The zero-order valence-electron chi connectivity index (χ0n) is 9.21. The fourth-order valence-electron chi connectivity index (χ4n) is 1.24. The van der Waals surface area contributed by atoms with Crippen LogP contribution in [-0.4, -0.2) is 23.0 Å². The number of methoxy groups -OCH3 is 1. The minimum absolute atomic E-state index is 0.0590. The molecule has 0 aliphatic heterocycles. The molecule has 17 heavy (non-hydrogen) atoms. The van der Waals surface area contributed by atoms with Crippen LogP contribution < -0.4 is 5.32 Å². The van der Waals surface area contributed by atoms with Crippen molar-refractivity contribution in [3.8, 4) is 0 Å². The van der Waals surface area contributed by atoms with Gasteiger partial charge in [0.15, 0.2) is 0 Å². The lowest BCUT2D eigenvalue weighted by Gasteiger charge is -2.04. The van der Waals surface area contributed by atoms with Crippen LogP contribution in [0.25, 0.3) is 0 Å². The first-order valence-corrected chi connectivity index (χ1v) is 5.85. The van der Waals surface area contributed by atoms with E-state index in [0.29, 0.717) is 12.4 Å². The molecule has 0 aliphatic carbocycles. The molecule has 0 aromatic carbocycles. The van der Waals surface area contributed by atoms with E-state index in [0.717, 1.165) is 0 Å². The third-order valence-electron chi connectivity index (χ3n) is 2.05. The summed E-state index contributed by atoms with van der Waals surface area (Å²) >= 11 is 1.66. The van der Waals surface area contributed by atoms with Gasteiger partial charge in [-0.05, 0) is 17.5 Å². The summed E-state index contributed by atoms with van der Waals surface area (Å²) < 4.78 is 4.55. The minimum Gasteiger partial charge on any atom is -0.463 e. The Balaban J connectivity index is 2.03. The lowest BCUT2D eigenvalue weighted by molar-refractivity contribution is 0.0587. The maximum atomic E-state index is 11.2. The second-order valence-corrected chi connectivity index (χ2v) is 4.22. The molecule has 6 heteroatoms. The van der Waals surface area contributed by atoms with E-state index in [1.54, 1.807) is 17.4 Å². The zero-order valence-corrected chi connectivity index (χ0v) is 10.0. The molecule has 0 spiro atoms. The molecule has 0 amide bonds. The number of hydrogen-bond acceptors (Lipinski definition) is 6. The molecule has 2 rings (SSSR count). The normalized spacial score (nSPS) is 9.94. The third-order valence-corrected chi connectivity index (χ3v) is 2.92. The number of rotatable bonds is 4. The summed E-state index contributed by atoms with van der Waals surface area (Å²) in [5.74, 6) is 0.127. The lowest BCUT2D eigenvalue weighted by atomic mass is 10.4. The zero-order chi connectivity index (χ0) is 12.1. The average molecular weight is 249 g/mol. The summed E-state index contributed by atoms with van der Waals surface area (Å²) in [4.78, 5) is 20.3. The summed E-state index contributed by atoms with van der Waals surface area (Å²) in [6.07, 6.45) is 1.52. The summed E-state index contributed by atoms with van der Waals surface area (Å²) in [6.45, 7) is 0.676. The molecule has 0 unspecified atom stereocenters. The molecule has 0 radical (unpaired) electrons. The van der Waals surface area contributed by atoms with Gasteiger partial charge in [0.25, 0.3) is 0 Å². The van der Waals surface area contributed by atoms with Crippen molar-refractivity contribution in [2.24, 2.45) is 0 Å². The van der Waals surface area contributed by atoms with E-state index in [-0.39, 0.29) is 5.82 Å². The van der Waals surface area contributed by atoms with E-state index in [4.69, 9.17) is 0 Å². The number of anilines is 1. The first-order valence-electron chi connectivity index (χ1n) is 4.97. The molecule has 5 nitrogen and oxygen atoms in total. The Hall–Kier alpha value is -1.95. The molecule has 0 atom stereocenters. The summed E-state index contributed by atoms with van der Waals surface area (Å²) in [6, 6.07) is 5.72. The van der Waals surface area contributed by atoms with Gasteiger partial charge < -0.3 is 10.1 Å². The minimum atomic E-state index is -0.537. The van der Waals surface area contributed by atoms with E-state index in [1.807, 2.05) is 17.5 Å². The standard InChI is InChI=1S/C11H11N3O2S/c1-16-11(15)10-12-5-4-9(14-10)13-7-8-3-2-6-17-8/h2-6H,7H2,1H3,(H,12,13,14). The van der Waals surface area contributed by atoms with Crippen molar-refractivity contribution in [3.63, 3.8) is 0 Å². The van der Waals surface area contributed by atoms with Gasteiger partial charge in [0.05, 0.1) is 13.7 Å². The molecule has 2 heterocycles. The van der Waals surface area contributed by atoms with Crippen LogP contribution in [-0.2, 0) is 11.3 Å². The second kappa shape index (κ2) is 5.40. The fourth-order valence-corrected chi connectivity index (χ4v) is 1.88. The average Bonchev–Trinajstić information content (AvgIpc) is 2.89. The van der Waals surface area contributed by atoms with Crippen molar-refractivity contribution >= 4 is 23.1 Å². The molecule has 88 valence electrons. The van der Waals surface area contributed by atoms with Crippen molar-refractivity contribution in [2.45, 2.75) is 6.54 Å². The van der Waals surface area contributed by atoms with Crippen molar-refractivity contribution in [1.82, 2.24) is 9.97 Å². The monoisotopic (exact) mass is 249 g/mol. The molecule has 0 fully saturated rings. The Bertz CT molecular complexity index is 499. The predicted molar refractivity (Wildman–Crippen MR) is 65.0 cm³/mol. The van der Waals surface area contributed by atoms with Crippen LogP contribution in [0.4, 0.5) is 5.82 Å². The van der Waals surface area contributed by atoms with Crippen molar-refractivity contribution < 1.29 is 9.53 Å². The molecular weight excluding hydrogens is 238 g/mol. The van der Waals surface area contributed by atoms with Crippen LogP contribution in [0.15, 0.2) is 29.8 Å². The molecule has 0 bridgehead atoms. The molecule has 0 aliphatic rings. The molecule has 2 aromatic heterocycles. The van der Waals surface area contributed by atoms with Crippen LogP contribution >= 0.6 is 11.3 Å². The topological polar surface area (TPSA) is 64.1 Å². The van der Waals surface area contributed by atoms with Gasteiger partial charge in [0, 0.05) is 11.1 Å². The van der Waals surface area contributed by atoms with Crippen molar-refractivity contribution in [1.29, 1.82) is 0 Å². The molecule has 1 N–H and O–H groups in total. The first-order chi connectivity index (χ1) is 8.29. The van der Waals surface area contributed by atoms with E-state index in [9.17, 15) is 4.79 Å².